The monoisotopic (exact) mass is 566 g/mol. The highest BCUT2D eigenvalue weighted by molar-refractivity contribution is 7.64. The van der Waals surface area contributed by atoms with E-state index in [1.807, 2.05) is 4.98 Å². The van der Waals surface area contributed by atoms with E-state index in [0.717, 1.165) is 16.8 Å². The van der Waals surface area contributed by atoms with Gasteiger partial charge in [0.2, 0.25) is 5.34 Å². The maximum atomic E-state index is 12.5. The van der Waals surface area contributed by atoms with Crippen LogP contribution < -0.4 is 11.2 Å². The lowest BCUT2D eigenvalue weighted by Gasteiger charge is -2.48. The van der Waals surface area contributed by atoms with Crippen LogP contribution >= 0.6 is 15.4 Å². The third-order valence-corrected chi connectivity index (χ3v) is 8.75. The number of H-pyrrole nitrogens is 1. The molecule has 19 nitrogen and oxygen atoms in total. The van der Waals surface area contributed by atoms with Gasteiger partial charge in [0.15, 0.2) is 12.5 Å². The van der Waals surface area contributed by atoms with Gasteiger partial charge in [-0.1, -0.05) is 0 Å². The van der Waals surface area contributed by atoms with Crippen molar-refractivity contribution >= 4 is 15.4 Å². The van der Waals surface area contributed by atoms with Gasteiger partial charge in [0, 0.05) is 12.3 Å². The lowest BCUT2D eigenvalue weighted by atomic mass is 9.98. The second kappa shape index (κ2) is 10.4. The van der Waals surface area contributed by atoms with Gasteiger partial charge in [0.25, 0.3) is 5.56 Å². The molecule has 0 bridgehead atoms. The van der Waals surface area contributed by atoms with E-state index in [4.69, 9.17) is 24.0 Å². The number of hydrogen-bond acceptors (Lipinski definition) is 14. The van der Waals surface area contributed by atoms with E-state index in [9.17, 15) is 54.3 Å². The van der Waals surface area contributed by atoms with Gasteiger partial charge in [0.1, 0.15) is 36.6 Å². The number of ether oxygens (including phenoxy) is 3. The van der Waals surface area contributed by atoms with Gasteiger partial charge in [-0.2, -0.15) is 0 Å². The molecule has 2 saturated heterocycles. The summed E-state index contributed by atoms with van der Waals surface area (Å²) in [6, 6.07) is 0.938. The summed E-state index contributed by atoms with van der Waals surface area (Å²) < 4.78 is 43.7. The van der Waals surface area contributed by atoms with Crippen molar-refractivity contribution in [2.45, 2.75) is 54.5 Å². The molecule has 1 aromatic rings. The van der Waals surface area contributed by atoms with Crippen LogP contribution in [0.3, 0.4) is 0 Å². The summed E-state index contributed by atoms with van der Waals surface area (Å²) in [5.41, 5.74) is -1.73. The topological polar surface area (TPSA) is 308 Å². The zero-order chi connectivity index (χ0) is 27.2. The van der Waals surface area contributed by atoms with Gasteiger partial charge in [-0.25, -0.2) is 13.7 Å². The van der Waals surface area contributed by atoms with Crippen LogP contribution in [0.25, 0.3) is 0 Å². The maximum Gasteiger partial charge on any atom is 0.476 e. The highest BCUT2D eigenvalue weighted by atomic mass is 31.3. The summed E-state index contributed by atoms with van der Waals surface area (Å²) in [4.78, 5) is 53.0. The van der Waals surface area contributed by atoms with Crippen LogP contribution in [0, 0.1) is 0 Å². The first-order chi connectivity index (χ1) is 16.5. The highest BCUT2D eigenvalue weighted by Crippen LogP contribution is 2.67. The minimum atomic E-state index is -5.83. The molecule has 2 aliphatic heterocycles. The molecule has 0 spiro atoms. The Morgan fingerprint density at radius 2 is 1.67 bits per heavy atom. The summed E-state index contributed by atoms with van der Waals surface area (Å²) >= 11 is 0. The molecule has 206 valence electrons. The third kappa shape index (κ3) is 5.41. The molecule has 36 heavy (non-hydrogen) atoms. The van der Waals surface area contributed by atoms with Crippen molar-refractivity contribution in [3.8, 4) is 0 Å². The average molecular weight is 566 g/mol. The Labute approximate surface area is 199 Å². The number of rotatable bonds is 8. The Hall–Kier alpha value is -1.38. The van der Waals surface area contributed by atoms with Crippen molar-refractivity contribution in [3.05, 3.63) is 33.1 Å². The molecule has 3 heterocycles. The van der Waals surface area contributed by atoms with Gasteiger partial charge in [-0.3, -0.25) is 18.9 Å². The number of hydrogen-bond donors (Lipinski definition) is 10. The Bertz CT molecular complexity index is 1150. The summed E-state index contributed by atoms with van der Waals surface area (Å²) in [6.07, 6.45) is -14.9. The van der Waals surface area contributed by atoms with Crippen molar-refractivity contribution in [3.63, 3.8) is 0 Å². The number of aromatic amines is 1. The molecule has 2 fully saturated rings. The van der Waals surface area contributed by atoms with Crippen LogP contribution in [-0.2, 0) is 27.7 Å². The largest absolute Gasteiger partial charge is 0.476 e. The molecule has 3 rings (SSSR count). The Balaban J connectivity index is 1.80. The first kappa shape index (κ1) is 29.2. The smallest absolute Gasteiger partial charge is 0.393 e. The molecule has 0 aromatic carbocycles. The van der Waals surface area contributed by atoms with E-state index in [1.165, 1.54) is 0 Å². The molecule has 0 aliphatic carbocycles. The first-order valence-corrected chi connectivity index (χ1v) is 13.0. The Morgan fingerprint density at radius 3 is 2.22 bits per heavy atom. The first-order valence-electron chi connectivity index (χ1n) is 9.92. The number of nitrogens with zero attached hydrogens (tertiary/aromatic N) is 1. The van der Waals surface area contributed by atoms with Gasteiger partial charge >= 0.3 is 21.1 Å². The minimum absolute atomic E-state index is 0.746. The zero-order valence-electron chi connectivity index (χ0n) is 17.8. The van der Waals surface area contributed by atoms with Crippen LogP contribution in [0.5, 0.6) is 0 Å². The van der Waals surface area contributed by atoms with Crippen LogP contribution in [0.2, 0.25) is 0 Å². The molecule has 1 aromatic heterocycles. The molecule has 10 N–H and O–H groups in total. The fraction of sp³-hybridized carbons (Fsp3) is 0.733. The van der Waals surface area contributed by atoms with Crippen LogP contribution in [0.4, 0.5) is 0 Å². The van der Waals surface area contributed by atoms with Crippen molar-refractivity contribution < 1.29 is 73.0 Å². The fourth-order valence-electron chi connectivity index (χ4n) is 3.67. The minimum Gasteiger partial charge on any atom is -0.393 e. The summed E-state index contributed by atoms with van der Waals surface area (Å²) in [7, 11) is -11.5. The van der Waals surface area contributed by atoms with Crippen LogP contribution in [0.1, 0.15) is 6.23 Å². The lowest BCUT2D eigenvalue weighted by molar-refractivity contribution is -0.322. The Morgan fingerprint density at radius 1 is 1.03 bits per heavy atom. The van der Waals surface area contributed by atoms with E-state index in [0.29, 0.717) is 0 Å². The van der Waals surface area contributed by atoms with Gasteiger partial charge < -0.3 is 59.5 Å². The predicted octanol–water partition coefficient (Wildman–Crippen LogP) is -5.41. The van der Waals surface area contributed by atoms with Gasteiger partial charge in [-0.15, -0.1) is 0 Å². The second-order valence-electron chi connectivity index (χ2n) is 7.90. The SMILES string of the molecule is O=c1ccn([C@@H]2O[C@H](COC3O[C@@](CO)(P(=O)(O)OP(=O)(O)O)[C@@H](O)[C@H](O)[C@H]3O)[C@@H](O)[C@H]2O)c(=O)[nH]1. The molecule has 2 aliphatic rings. The van der Waals surface area contributed by atoms with E-state index in [1.54, 1.807) is 0 Å². The van der Waals surface area contributed by atoms with Gasteiger partial charge in [-0.05, 0) is 0 Å². The lowest BCUT2D eigenvalue weighted by Crippen LogP contribution is -2.66. The van der Waals surface area contributed by atoms with E-state index in [-0.39, 0.29) is 0 Å². The highest BCUT2D eigenvalue weighted by Gasteiger charge is 2.65. The second-order valence-corrected chi connectivity index (χ2v) is 11.3. The number of aliphatic hydroxyl groups is 6. The molecular weight excluding hydrogens is 542 g/mol. The quantitative estimate of drug-likeness (QED) is 0.131. The van der Waals surface area contributed by atoms with Crippen molar-refractivity contribution in [1.82, 2.24) is 9.55 Å². The van der Waals surface area contributed by atoms with Gasteiger partial charge in [0.05, 0.1) is 13.2 Å². The molecule has 0 saturated carbocycles. The number of nitrogens with one attached hydrogen (secondary N) is 1. The summed E-state index contributed by atoms with van der Waals surface area (Å²) in [5.74, 6) is 0. The van der Waals surface area contributed by atoms with E-state index >= 15 is 0 Å². The fourth-order valence-corrected chi connectivity index (χ4v) is 6.28. The molecule has 10 atom stereocenters. The van der Waals surface area contributed by atoms with Crippen LogP contribution in [0.15, 0.2) is 21.9 Å². The number of phosphoric acid groups is 1. The molecule has 0 radical (unpaired) electrons. The maximum absolute atomic E-state index is 12.5. The molecule has 0 amide bonds. The standard InChI is InChI=1S/C15H24N2O17P2/c18-4-15(35(26,27)34-36(28,29)30)11(24)8(21)10(23)13(33-15)31-3-5-7(20)9(22)12(32-5)17-2-1-6(19)16-14(17)25/h1-2,5,7-13,18,20-24H,3-4H2,(H,26,27)(H,16,19,25)(H2,28,29,30)/t5-,7-,8-,9-,10-,11+,12-,13?,15+/m1/s1. The Kier molecular flexibility index (Phi) is 8.44. The van der Waals surface area contributed by atoms with Crippen molar-refractivity contribution in [2.75, 3.05) is 13.2 Å². The van der Waals surface area contributed by atoms with Crippen molar-refractivity contribution in [1.29, 1.82) is 0 Å². The van der Waals surface area contributed by atoms with Crippen LogP contribution in [-0.4, -0.2) is 116 Å². The normalized spacial score (nSPS) is 39.1. The molecular formula is C15H24N2O17P2. The number of aliphatic hydroxyl groups excluding tert-OH is 6. The number of aromatic nitrogens is 2. The van der Waals surface area contributed by atoms with E-state index < -0.39 is 94.4 Å². The van der Waals surface area contributed by atoms with Crippen molar-refractivity contribution in [2.24, 2.45) is 0 Å². The summed E-state index contributed by atoms with van der Waals surface area (Å²) in [6.45, 7) is -2.47. The summed E-state index contributed by atoms with van der Waals surface area (Å²) in [5, 5.41) is 57.4. The predicted molar refractivity (Wildman–Crippen MR) is 109 cm³/mol. The third-order valence-electron chi connectivity index (χ3n) is 5.54. The average Bonchev–Trinajstić information content (AvgIpc) is 3.04. The molecule has 21 heteroatoms. The van der Waals surface area contributed by atoms with E-state index in [2.05, 4.69) is 4.31 Å². The molecule has 2 unspecified atom stereocenters. The zero-order valence-corrected chi connectivity index (χ0v) is 19.6.